The first-order chi connectivity index (χ1) is 10.7. The van der Waals surface area contributed by atoms with Crippen LogP contribution in [0, 0.1) is 5.92 Å². The standard InChI is InChI=1S/C17H25BrN4/c18-15-4-6-16(7-5-15)22-11-8-14(13-22)12-20-17(19)21-9-2-1-3-10-21/h4-7,14H,1-3,8-13H2,(H2,19,20). The van der Waals surface area contributed by atoms with E-state index in [-0.39, 0.29) is 0 Å². The van der Waals surface area contributed by atoms with Crippen molar-refractivity contribution in [2.75, 3.05) is 37.6 Å². The Balaban J connectivity index is 1.51. The van der Waals surface area contributed by atoms with Gasteiger partial charge in [0.25, 0.3) is 0 Å². The van der Waals surface area contributed by atoms with Crippen LogP contribution < -0.4 is 10.6 Å². The lowest BCUT2D eigenvalue weighted by Crippen LogP contribution is -2.41. The Morgan fingerprint density at radius 1 is 1.14 bits per heavy atom. The third kappa shape index (κ3) is 3.94. The molecule has 2 aliphatic heterocycles. The Morgan fingerprint density at radius 2 is 1.86 bits per heavy atom. The van der Waals surface area contributed by atoms with E-state index in [0.29, 0.717) is 5.92 Å². The van der Waals surface area contributed by atoms with Gasteiger partial charge in [-0.3, -0.25) is 4.99 Å². The molecule has 0 aromatic heterocycles. The van der Waals surface area contributed by atoms with Crippen molar-refractivity contribution in [1.29, 1.82) is 0 Å². The van der Waals surface area contributed by atoms with E-state index >= 15 is 0 Å². The Bertz CT molecular complexity index is 508. The molecule has 120 valence electrons. The summed E-state index contributed by atoms with van der Waals surface area (Å²) in [6.07, 6.45) is 5.02. The number of nitrogens with zero attached hydrogens (tertiary/aromatic N) is 3. The van der Waals surface area contributed by atoms with Gasteiger partial charge in [-0.15, -0.1) is 0 Å². The van der Waals surface area contributed by atoms with Crippen molar-refractivity contribution in [3.05, 3.63) is 28.7 Å². The highest BCUT2D eigenvalue weighted by Crippen LogP contribution is 2.25. The molecule has 4 nitrogen and oxygen atoms in total. The molecule has 2 heterocycles. The number of halogens is 1. The predicted octanol–water partition coefficient (Wildman–Crippen LogP) is 3.08. The molecule has 3 rings (SSSR count). The number of hydrogen-bond acceptors (Lipinski definition) is 2. The molecule has 1 atom stereocenters. The summed E-state index contributed by atoms with van der Waals surface area (Å²) in [6, 6.07) is 8.57. The van der Waals surface area contributed by atoms with Gasteiger partial charge in [-0.05, 0) is 55.9 Å². The van der Waals surface area contributed by atoms with E-state index in [1.54, 1.807) is 0 Å². The van der Waals surface area contributed by atoms with E-state index in [4.69, 9.17) is 5.73 Å². The number of likely N-dealkylation sites (tertiary alicyclic amines) is 1. The molecular formula is C17H25BrN4. The zero-order chi connectivity index (χ0) is 15.4. The van der Waals surface area contributed by atoms with Gasteiger partial charge in [0.15, 0.2) is 5.96 Å². The molecule has 0 bridgehead atoms. The zero-order valence-electron chi connectivity index (χ0n) is 13.0. The van der Waals surface area contributed by atoms with Gasteiger partial charge in [-0.2, -0.15) is 0 Å². The number of benzene rings is 1. The summed E-state index contributed by atoms with van der Waals surface area (Å²) in [5, 5.41) is 0. The Kier molecular flexibility index (Phi) is 5.24. The zero-order valence-corrected chi connectivity index (χ0v) is 14.6. The molecule has 22 heavy (non-hydrogen) atoms. The normalized spacial score (nSPS) is 23.1. The maximum atomic E-state index is 6.15. The maximum Gasteiger partial charge on any atom is 0.191 e. The summed E-state index contributed by atoms with van der Waals surface area (Å²) in [5.41, 5.74) is 7.45. The first-order valence-electron chi connectivity index (χ1n) is 8.28. The summed E-state index contributed by atoms with van der Waals surface area (Å²) >= 11 is 3.49. The van der Waals surface area contributed by atoms with Gasteiger partial charge in [0.1, 0.15) is 0 Å². The van der Waals surface area contributed by atoms with E-state index in [9.17, 15) is 0 Å². The van der Waals surface area contributed by atoms with E-state index < -0.39 is 0 Å². The fraction of sp³-hybridized carbons (Fsp3) is 0.588. The molecule has 0 aliphatic carbocycles. The molecule has 1 aromatic carbocycles. The average Bonchev–Trinajstić information content (AvgIpc) is 3.03. The molecule has 2 fully saturated rings. The van der Waals surface area contributed by atoms with Gasteiger partial charge in [0, 0.05) is 42.9 Å². The second-order valence-corrected chi connectivity index (χ2v) is 7.24. The fourth-order valence-corrected chi connectivity index (χ4v) is 3.58. The van der Waals surface area contributed by atoms with Crippen LogP contribution in [-0.2, 0) is 0 Å². The van der Waals surface area contributed by atoms with Gasteiger partial charge >= 0.3 is 0 Å². The minimum Gasteiger partial charge on any atom is -0.371 e. The van der Waals surface area contributed by atoms with Gasteiger partial charge < -0.3 is 15.5 Å². The van der Waals surface area contributed by atoms with Crippen LogP contribution in [0.3, 0.4) is 0 Å². The first kappa shape index (κ1) is 15.7. The van der Waals surface area contributed by atoms with Crippen molar-refractivity contribution in [2.45, 2.75) is 25.7 Å². The van der Waals surface area contributed by atoms with E-state index in [2.05, 4.69) is 55.0 Å². The maximum absolute atomic E-state index is 6.15. The summed E-state index contributed by atoms with van der Waals surface area (Å²) in [6.45, 7) is 5.20. The van der Waals surface area contributed by atoms with Crippen LogP contribution in [0.4, 0.5) is 5.69 Å². The third-order valence-corrected chi connectivity index (χ3v) is 5.20. The Labute approximate surface area is 141 Å². The van der Waals surface area contributed by atoms with E-state index in [1.807, 2.05) is 0 Å². The monoisotopic (exact) mass is 364 g/mol. The predicted molar refractivity (Wildman–Crippen MR) is 96.4 cm³/mol. The molecule has 0 radical (unpaired) electrons. The molecule has 5 heteroatoms. The minimum atomic E-state index is 0.618. The highest BCUT2D eigenvalue weighted by Gasteiger charge is 2.23. The third-order valence-electron chi connectivity index (χ3n) is 4.67. The molecule has 0 saturated carbocycles. The lowest BCUT2D eigenvalue weighted by Gasteiger charge is -2.27. The SMILES string of the molecule is NC(=NCC1CCN(c2ccc(Br)cc2)C1)N1CCCCC1. The largest absolute Gasteiger partial charge is 0.371 e. The topological polar surface area (TPSA) is 44.9 Å². The van der Waals surface area contributed by atoms with Crippen molar-refractivity contribution >= 4 is 27.6 Å². The van der Waals surface area contributed by atoms with Crippen LogP contribution in [-0.4, -0.2) is 43.6 Å². The van der Waals surface area contributed by atoms with Gasteiger partial charge in [0.2, 0.25) is 0 Å². The summed E-state index contributed by atoms with van der Waals surface area (Å²) in [5.74, 6) is 1.37. The number of guanidine groups is 1. The second kappa shape index (κ2) is 7.36. The Morgan fingerprint density at radius 3 is 2.59 bits per heavy atom. The number of piperidine rings is 1. The number of hydrogen-bond donors (Lipinski definition) is 1. The first-order valence-corrected chi connectivity index (χ1v) is 9.07. The smallest absolute Gasteiger partial charge is 0.191 e. The number of anilines is 1. The van der Waals surface area contributed by atoms with Crippen LogP contribution in [0.2, 0.25) is 0 Å². The summed E-state index contributed by atoms with van der Waals surface area (Å²) in [7, 11) is 0. The van der Waals surface area contributed by atoms with Crippen molar-refractivity contribution in [3.8, 4) is 0 Å². The van der Waals surface area contributed by atoms with Crippen LogP contribution in [0.15, 0.2) is 33.7 Å². The van der Waals surface area contributed by atoms with Crippen molar-refractivity contribution in [3.63, 3.8) is 0 Å². The average molecular weight is 365 g/mol. The van der Waals surface area contributed by atoms with Gasteiger partial charge in [-0.25, -0.2) is 0 Å². The van der Waals surface area contributed by atoms with Crippen LogP contribution in [0.25, 0.3) is 0 Å². The number of nitrogens with two attached hydrogens (primary N) is 1. The lowest BCUT2D eigenvalue weighted by atomic mass is 10.1. The summed E-state index contributed by atoms with van der Waals surface area (Å²) < 4.78 is 1.13. The molecule has 0 spiro atoms. The molecule has 1 aromatic rings. The van der Waals surface area contributed by atoms with Crippen LogP contribution in [0.1, 0.15) is 25.7 Å². The van der Waals surface area contributed by atoms with Gasteiger partial charge in [0.05, 0.1) is 0 Å². The highest BCUT2D eigenvalue weighted by atomic mass is 79.9. The van der Waals surface area contributed by atoms with Crippen LogP contribution >= 0.6 is 15.9 Å². The van der Waals surface area contributed by atoms with E-state index in [0.717, 1.165) is 43.2 Å². The minimum absolute atomic E-state index is 0.618. The van der Waals surface area contributed by atoms with E-state index in [1.165, 1.54) is 31.4 Å². The molecule has 0 amide bonds. The van der Waals surface area contributed by atoms with Gasteiger partial charge in [-0.1, -0.05) is 15.9 Å². The van der Waals surface area contributed by atoms with Crippen molar-refractivity contribution in [1.82, 2.24) is 4.90 Å². The lowest BCUT2D eigenvalue weighted by molar-refractivity contribution is 0.337. The Hall–Kier alpha value is -1.23. The number of rotatable bonds is 3. The second-order valence-electron chi connectivity index (χ2n) is 6.32. The molecule has 2 saturated heterocycles. The quantitative estimate of drug-likeness (QED) is 0.661. The van der Waals surface area contributed by atoms with Crippen molar-refractivity contribution in [2.24, 2.45) is 16.6 Å². The van der Waals surface area contributed by atoms with Crippen LogP contribution in [0.5, 0.6) is 0 Å². The summed E-state index contributed by atoms with van der Waals surface area (Å²) in [4.78, 5) is 9.35. The molecule has 1 unspecified atom stereocenters. The molecule has 2 N–H and O–H groups in total. The van der Waals surface area contributed by atoms with Crippen molar-refractivity contribution < 1.29 is 0 Å². The highest BCUT2D eigenvalue weighted by molar-refractivity contribution is 9.10. The fourth-order valence-electron chi connectivity index (χ4n) is 3.31. The molecular weight excluding hydrogens is 340 g/mol. The molecule has 2 aliphatic rings. The number of aliphatic imine (C=N–C) groups is 1.